The first-order valence-electron chi connectivity index (χ1n) is 7.26. The van der Waals surface area contributed by atoms with Crippen LogP contribution in [0, 0.1) is 0 Å². The van der Waals surface area contributed by atoms with E-state index in [9.17, 15) is 0 Å². The predicted octanol–water partition coefficient (Wildman–Crippen LogP) is 3.84. The van der Waals surface area contributed by atoms with Crippen LogP contribution in [-0.2, 0) is 16.7 Å². The van der Waals surface area contributed by atoms with Gasteiger partial charge in [-0.05, 0) is 11.0 Å². The topological polar surface area (TPSA) is 34.1 Å². The molecule has 0 saturated carbocycles. The zero-order chi connectivity index (χ0) is 15.3. The maximum Gasteiger partial charge on any atom is 0.123 e. The molecule has 3 nitrogen and oxygen atoms in total. The fourth-order valence-electron chi connectivity index (χ4n) is 2.02. The van der Waals surface area contributed by atoms with Crippen LogP contribution < -0.4 is 5.32 Å². The van der Waals surface area contributed by atoms with Crippen LogP contribution in [0.25, 0.3) is 10.6 Å². The summed E-state index contributed by atoms with van der Waals surface area (Å²) in [4.78, 5) is 5.78. The third-order valence-corrected chi connectivity index (χ3v) is 4.38. The van der Waals surface area contributed by atoms with E-state index in [2.05, 4.69) is 55.3 Å². The smallest absolute Gasteiger partial charge is 0.123 e. The van der Waals surface area contributed by atoms with Gasteiger partial charge in [0.25, 0.3) is 0 Å². The molecule has 0 bridgehead atoms. The van der Waals surface area contributed by atoms with Gasteiger partial charge in [-0.1, -0.05) is 45.0 Å². The van der Waals surface area contributed by atoms with Crippen molar-refractivity contribution in [2.75, 3.05) is 20.3 Å². The van der Waals surface area contributed by atoms with Crippen molar-refractivity contribution in [3.05, 3.63) is 40.9 Å². The summed E-state index contributed by atoms with van der Waals surface area (Å²) in [5.41, 5.74) is 2.73. The van der Waals surface area contributed by atoms with Crippen LogP contribution in [0.1, 0.15) is 31.2 Å². The number of rotatable bonds is 6. The maximum absolute atomic E-state index is 5.02. The van der Waals surface area contributed by atoms with Crippen molar-refractivity contribution in [1.29, 1.82) is 0 Å². The lowest BCUT2D eigenvalue weighted by molar-refractivity contribution is 0.199. The van der Waals surface area contributed by atoms with Crippen LogP contribution in [-0.4, -0.2) is 25.2 Å². The molecule has 0 saturated heterocycles. The molecule has 0 atom stereocenters. The minimum Gasteiger partial charge on any atom is -0.383 e. The molecule has 0 aliphatic carbocycles. The van der Waals surface area contributed by atoms with Gasteiger partial charge in [0.05, 0.1) is 6.61 Å². The summed E-state index contributed by atoms with van der Waals surface area (Å²) >= 11 is 1.74. The van der Waals surface area contributed by atoms with Gasteiger partial charge in [0.2, 0.25) is 0 Å². The number of aromatic nitrogens is 1. The summed E-state index contributed by atoms with van der Waals surface area (Å²) in [6.45, 7) is 9.14. The SMILES string of the molecule is COCCNCc1cnc(-c2ccc(C(C)(C)C)cc2)s1. The predicted molar refractivity (Wildman–Crippen MR) is 89.8 cm³/mol. The van der Waals surface area contributed by atoms with Crippen molar-refractivity contribution in [1.82, 2.24) is 10.3 Å². The summed E-state index contributed by atoms with van der Waals surface area (Å²) in [7, 11) is 1.72. The van der Waals surface area contributed by atoms with Crippen LogP contribution in [0.3, 0.4) is 0 Å². The summed E-state index contributed by atoms with van der Waals surface area (Å²) in [5.74, 6) is 0. The first-order valence-corrected chi connectivity index (χ1v) is 8.07. The van der Waals surface area contributed by atoms with Gasteiger partial charge in [-0.25, -0.2) is 4.98 Å². The average Bonchev–Trinajstić information content (AvgIpc) is 2.92. The highest BCUT2D eigenvalue weighted by molar-refractivity contribution is 7.15. The second kappa shape index (κ2) is 7.16. The lowest BCUT2D eigenvalue weighted by atomic mass is 9.87. The zero-order valence-electron chi connectivity index (χ0n) is 13.3. The number of hydrogen-bond donors (Lipinski definition) is 1. The molecule has 0 aliphatic heterocycles. The summed E-state index contributed by atoms with van der Waals surface area (Å²) in [6.07, 6.45) is 1.96. The summed E-state index contributed by atoms with van der Waals surface area (Å²) in [6, 6.07) is 8.74. The normalized spacial score (nSPS) is 11.8. The Morgan fingerprint density at radius 3 is 2.52 bits per heavy atom. The van der Waals surface area contributed by atoms with Crippen molar-refractivity contribution in [3.8, 4) is 10.6 Å². The van der Waals surface area contributed by atoms with Crippen LogP contribution in [0.4, 0.5) is 0 Å². The van der Waals surface area contributed by atoms with Crippen LogP contribution in [0.15, 0.2) is 30.5 Å². The number of hydrogen-bond acceptors (Lipinski definition) is 4. The lowest BCUT2D eigenvalue weighted by Crippen LogP contribution is -2.17. The molecule has 1 heterocycles. The minimum atomic E-state index is 0.192. The quantitative estimate of drug-likeness (QED) is 0.823. The number of thiazole rings is 1. The minimum absolute atomic E-state index is 0.192. The van der Waals surface area contributed by atoms with Gasteiger partial charge in [-0.3, -0.25) is 0 Å². The monoisotopic (exact) mass is 304 g/mol. The third kappa shape index (κ3) is 4.63. The number of nitrogens with one attached hydrogen (secondary N) is 1. The summed E-state index contributed by atoms with van der Waals surface area (Å²) < 4.78 is 5.02. The van der Waals surface area contributed by atoms with Crippen molar-refractivity contribution < 1.29 is 4.74 Å². The van der Waals surface area contributed by atoms with Crippen LogP contribution in [0.5, 0.6) is 0 Å². The first kappa shape index (κ1) is 16.1. The Kier molecular flexibility index (Phi) is 5.51. The number of benzene rings is 1. The number of methoxy groups -OCH3 is 1. The first-order chi connectivity index (χ1) is 10.0. The Bertz CT molecular complexity index is 555. The standard InChI is InChI=1S/C17H24N2OS/c1-17(2,3)14-7-5-13(6-8-14)16-19-12-15(21-16)11-18-9-10-20-4/h5-8,12,18H,9-11H2,1-4H3. The third-order valence-electron chi connectivity index (χ3n) is 3.33. The highest BCUT2D eigenvalue weighted by Crippen LogP contribution is 2.28. The molecule has 0 fully saturated rings. The molecule has 114 valence electrons. The second-order valence-corrected chi connectivity index (χ2v) is 7.24. The fraction of sp³-hybridized carbons (Fsp3) is 0.471. The lowest BCUT2D eigenvalue weighted by Gasteiger charge is -2.18. The number of ether oxygens (including phenoxy) is 1. The number of nitrogens with zero attached hydrogens (tertiary/aromatic N) is 1. The molecule has 1 aromatic carbocycles. The summed E-state index contributed by atoms with van der Waals surface area (Å²) in [5, 5.41) is 4.42. The van der Waals surface area contributed by atoms with E-state index in [-0.39, 0.29) is 5.41 Å². The molecule has 2 aromatic rings. The largest absolute Gasteiger partial charge is 0.383 e. The zero-order valence-corrected chi connectivity index (χ0v) is 14.1. The van der Waals surface area contributed by atoms with E-state index in [1.807, 2.05) is 6.20 Å². The van der Waals surface area contributed by atoms with Crippen molar-refractivity contribution in [2.45, 2.75) is 32.7 Å². The van der Waals surface area contributed by atoms with E-state index in [1.165, 1.54) is 16.0 Å². The van der Waals surface area contributed by atoms with Gasteiger partial charge >= 0.3 is 0 Å². The van der Waals surface area contributed by atoms with Gasteiger partial charge in [0.15, 0.2) is 0 Å². The fourth-order valence-corrected chi connectivity index (χ4v) is 2.91. The molecule has 4 heteroatoms. The Morgan fingerprint density at radius 2 is 1.90 bits per heavy atom. The van der Waals surface area contributed by atoms with E-state index in [4.69, 9.17) is 4.74 Å². The van der Waals surface area contributed by atoms with Crippen LogP contribution >= 0.6 is 11.3 Å². The van der Waals surface area contributed by atoms with Gasteiger partial charge < -0.3 is 10.1 Å². The second-order valence-electron chi connectivity index (χ2n) is 6.13. The maximum atomic E-state index is 5.02. The molecule has 0 aliphatic rings. The molecular formula is C17H24N2OS. The molecule has 0 amide bonds. The van der Waals surface area contributed by atoms with Gasteiger partial charge in [0, 0.05) is 36.8 Å². The van der Waals surface area contributed by atoms with Crippen molar-refractivity contribution in [3.63, 3.8) is 0 Å². The molecule has 2 rings (SSSR count). The Labute approximate surface area is 131 Å². The van der Waals surface area contributed by atoms with Crippen molar-refractivity contribution >= 4 is 11.3 Å². The highest BCUT2D eigenvalue weighted by Gasteiger charge is 2.13. The van der Waals surface area contributed by atoms with Gasteiger partial charge in [-0.15, -0.1) is 11.3 Å². The Hall–Kier alpha value is -1.23. The van der Waals surface area contributed by atoms with E-state index in [1.54, 1.807) is 18.4 Å². The molecule has 0 unspecified atom stereocenters. The molecular weight excluding hydrogens is 280 g/mol. The van der Waals surface area contributed by atoms with Gasteiger partial charge in [0.1, 0.15) is 5.01 Å². The molecule has 1 N–H and O–H groups in total. The van der Waals surface area contributed by atoms with E-state index < -0.39 is 0 Å². The van der Waals surface area contributed by atoms with Gasteiger partial charge in [-0.2, -0.15) is 0 Å². The van der Waals surface area contributed by atoms with Crippen molar-refractivity contribution in [2.24, 2.45) is 0 Å². The van der Waals surface area contributed by atoms with E-state index in [0.29, 0.717) is 0 Å². The van der Waals surface area contributed by atoms with Crippen LogP contribution in [0.2, 0.25) is 0 Å². The highest BCUT2D eigenvalue weighted by atomic mass is 32.1. The Balaban J connectivity index is 2.00. The molecule has 0 radical (unpaired) electrons. The molecule has 1 aromatic heterocycles. The Morgan fingerprint density at radius 1 is 1.19 bits per heavy atom. The molecule has 0 spiro atoms. The van der Waals surface area contributed by atoms with E-state index in [0.717, 1.165) is 24.7 Å². The van der Waals surface area contributed by atoms with E-state index >= 15 is 0 Å². The molecule has 21 heavy (non-hydrogen) atoms. The average molecular weight is 304 g/mol.